The number of carbonyl (C=O) groups is 1. The Bertz CT molecular complexity index is 828. The lowest BCUT2D eigenvalue weighted by atomic mass is 9.91. The molecule has 1 aliphatic carbocycles. The summed E-state index contributed by atoms with van der Waals surface area (Å²) < 4.78 is 0. The second kappa shape index (κ2) is 8.10. The van der Waals surface area contributed by atoms with Crippen LogP contribution in [0.15, 0.2) is 54.6 Å². The average molecular weight is 361 g/mol. The molecule has 1 aliphatic heterocycles. The number of carbonyl (C=O) groups excluding carboxylic acids is 1. The maximum absolute atomic E-state index is 11.4. The lowest BCUT2D eigenvalue weighted by molar-refractivity contribution is 0.1000. The number of fused-ring (bicyclic) bond motifs is 1. The minimum absolute atomic E-state index is 0.343. The van der Waals surface area contributed by atoms with E-state index in [0.29, 0.717) is 11.5 Å². The van der Waals surface area contributed by atoms with Gasteiger partial charge in [-0.15, -0.1) is 0 Å². The van der Waals surface area contributed by atoms with Gasteiger partial charge in [0.05, 0.1) is 0 Å². The molecule has 2 N–H and O–H groups in total. The molecule has 0 atom stereocenters. The van der Waals surface area contributed by atoms with Gasteiger partial charge in [-0.05, 0) is 72.4 Å². The van der Waals surface area contributed by atoms with Gasteiger partial charge in [-0.2, -0.15) is 0 Å². The lowest BCUT2D eigenvalue weighted by Crippen LogP contribution is -2.30. The Labute approximate surface area is 161 Å². The van der Waals surface area contributed by atoms with Crippen molar-refractivity contribution in [2.45, 2.75) is 51.1 Å². The molecule has 2 aromatic carbocycles. The van der Waals surface area contributed by atoms with Crippen molar-refractivity contribution >= 4 is 5.91 Å². The number of amides is 1. The van der Waals surface area contributed by atoms with E-state index in [9.17, 15) is 4.79 Å². The van der Waals surface area contributed by atoms with Crippen LogP contribution in [0.2, 0.25) is 0 Å². The Hall–Kier alpha value is -2.39. The monoisotopic (exact) mass is 360 g/mol. The Morgan fingerprint density at radius 2 is 1.74 bits per heavy atom. The van der Waals surface area contributed by atoms with Gasteiger partial charge in [0.15, 0.2) is 0 Å². The Kier molecular flexibility index (Phi) is 5.40. The van der Waals surface area contributed by atoms with Crippen molar-refractivity contribution in [2.75, 3.05) is 6.54 Å². The summed E-state index contributed by atoms with van der Waals surface area (Å²) in [7, 11) is 0. The molecule has 0 bridgehead atoms. The van der Waals surface area contributed by atoms with Crippen molar-refractivity contribution < 1.29 is 4.79 Å². The Morgan fingerprint density at radius 3 is 2.44 bits per heavy atom. The van der Waals surface area contributed by atoms with Crippen LogP contribution in [0, 0.1) is 0 Å². The molecule has 1 heterocycles. The van der Waals surface area contributed by atoms with Crippen molar-refractivity contribution in [3.8, 4) is 0 Å². The molecule has 0 aromatic heterocycles. The maximum atomic E-state index is 11.4. The van der Waals surface area contributed by atoms with Crippen molar-refractivity contribution in [3.63, 3.8) is 0 Å². The molecule has 0 unspecified atom stereocenters. The first-order valence-corrected chi connectivity index (χ1v) is 10.1. The molecule has 4 rings (SSSR count). The van der Waals surface area contributed by atoms with E-state index in [-0.39, 0.29) is 5.91 Å². The molecular weight excluding hydrogens is 332 g/mol. The third-order valence-corrected chi connectivity index (χ3v) is 5.97. The number of hydrogen-bond donors (Lipinski definition) is 1. The van der Waals surface area contributed by atoms with Gasteiger partial charge in [0.1, 0.15) is 0 Å². The minimum Gasteiger partial charge on any atom is -0.366 e. The molecular formula is C24H28N2O. The number of nitrogens with zero attached hydrogens (tertiary/aromatic N) is 1. The molecule has 0 saturated heterocycles. The summed E-state index contributed by atoms with van der Waals surface area (Å²) in [6, 6.07) is 15.2. The molecule has 140 valence electrons. The van der Waals surface area contributed by atoms with E-state index in [2.05, 4.69) is 47.4 Å². The van der Waals surface area contributed by atoms with Gasteiger partial charge in [0.25, 0.3) is 0 Å². The third kappa shape index (κ3) is 4.30. The van der Waals surface area contributed by atoms with Crippen molar-refractivity contribution in [3.05, 3.63) is 82.4 Å². The summed E-state index contributed by atoms with van der Waals surface area (Å²) in [5.74, 6) is 0.361. The second-order valence-electron chi connectivity index (χ2n) is 7.87. The van der Waals surface area contributed by atoms with Gasteiger partial charge in [0.2, 0.25) is 5.91 Å². The molecule has 27 heavy (non-hydrogen) atoms. The quantitative estimate of drug-likeness (QED) is 0.813. The number of benzene rings is 2. The standard InChI is InChI=1S/C24H28N2O/c25-24(27)22-11-12-23-17-26(14-13-21(23)15-22)16-18-7-9-20(10-8-18)19-5-3-1-2-4-6-19/h1-2,7-12,15,19H,3-6,13-14,16-17H2,(H2,25,27). The highest BCUT2D eigenvalue weighted by molar-refractivity contribution is 5.93. The molecule has 2 aliphatic rings. The molecule has 0 radical (unpaired) electrons. The number of nitrogens with two attached hydrogens (primary N) is 1. The molecule has 0 fully saturated rings. The van der Waals surface area contributed by atoms with Gasteiger partial charge in [-0.1, -0.05) is 42.5 Å². The number of rotatable bonds is 4. The predicted octanol–water partition coefficient (Wildman–Crippen LogP) is 4.56. The fraction of sp³-hybridized carbons (Fsp3) is 0.375. The Morgan fingerprint density at radius 1 is 1.00 bits per heavy atom. The van der Waals surface area contributed by atoms with Crippen molar-refractivity contribution in [1.82, 2.24) is 4.90 Å². The number of primary amides is 1. The topological polar surface area (TPSA) is 46.3 Å². The number of allylic oxidation sites excluding steroid dienone is 2. The van der Waals surface area contributed by atoms with Gasteiger partial charge in [-0.25, -0.2) is 0 Å². The highest BCUT2D eigenvalue weighted by Gasteiger charge is 2.18. The first kappa shape index (κ1) is 18.0. The van der Waals surface area contributed by atoms with E-state index >= 15 is 0 Å². The van der Waals surface area contributed by atoms with Gasteiger partial charge in [-0.3, -0.25) is 9.69 Å². The van der Waals surface area contributed by atoms with Crippen LogP contribution in [0.25, 0.3) is 0 Å². The van der Waals surface area contributed by atoms with Gasteiger partial charge < -0.3 is 5.73 Å². The second-order valence-corrected chi connectivity index (χ2v) is 7.87. The molecule has 2 aromatic rings. The van der Waals surface area contributed by atoms with Gasteiger partial charge in [0, 0.05) is 25.2 Å². The van der Waals surface area contributed by atoms with Crippen molar-refractivity contribution in [1.29, 1.82) is 0 Å². The third-order valence-electron chi connectivity index (χ3n) is 5.97. The number of hydrogen-bond acceptors (Lipinski definition) is 2. The fourth-order valence-electron chi connectivity index (χ4n) is 4.36. The summed E-state index contributed by atoms with van der Waals surface area (Å²) in [6.07, 6.45) is 10.6. The van der Waals surface area contributed by atoms with Crippen LogP contribution in [0.5, 0.6) is 0 Å². The zero-order valence-electron chi connectivity index (χ0n) is 15.9. The highest BCUT2D eigenvalue weighted by atomic mass is 16.1. The SMILES string of the molecule is NC(=O)c1ccc2c(c1)CCN(Cc1ccc(C3CCC=CCC3)cc1)C2. The predicted molar refractivity (Wildman–Crippen MR) is 110 cm³/mol. The van der Waals surface area contributed by atoms with E-state index in [1.807, 2.05) is 12.1 Å². The van der Waals surface area contributed by atoms with Crippen LogP contribution < -0.4 is 5.73 Å². The lowest BCUT2D eigenvalue weighted by Gasteiger charge is -2.29. The van der Waals surface area contributed by atoms with E-state index in [1.165, 1.54) is 47.9 Å². The summed E-state index contributed by atoms with van der Waals surface area (Å²) in [5.41, 5.74) is 11.5. The summed E-state index contributed by atoms with van der Waals surface area (Å²) in [4.78, 5) is 13.8. The van der Waals surface area contributed by atoms with Crippen LogP contribution in [0.4, 0.5) is 0 Å². The average Bonchev–Trinajstić information content (AvgIpc) is 2.97. The summed E-state index contributed by atoms with van der Waals surface area (Å²) in [6.45, 7) is 2.93. The summed E-state index contributed by atoms with van der Waals surface area (Å²) >= 11 is 0. The van der Waals surface area contributed by atoms with Crippen LogP contribution in [-0.2, 0) is 19.5 Å². The molecule has 3 nitrogen and oxygen atoms in total. The van der Waals surface area contributed by atoms with Crippen molar-refractivity contribution in [2.24, 2.45) is 5.73 Å². The molecule has 3 heteroatoms. The Balaban J connectivity index is 1.39. The molecule has 0 spiro atoms. The first-order valence-electron chi connectivity index (χ1n) is 10.1. The van der Waals surface area contributed by atoms with E-state index in [0.717, 1.165) is 26.1 Å². The van der Waals surface area contributed by atoms with Crippen LogP contribution in [-0.4, -0.2) is 17.4 Å². The van der Waals surface area contributed by atoms with Crippen LogP contribution in [0.3, 0.4) is 0 Å². The highest BCUT2D eigenvalue weighted by Crippen LogP contribution is 2.29. The van der Waals surface area contributed by atoms with Crippen LogP contribution in [0.1, 0.15) is 64.2 Å². The van der Waals surface area contributed by atoms with Crippen LogP contribution >= 0.6 is 0 Å². The minimum atomic E-state index is -0.343. The largest absolute Gasteiger partial charge is 0.366 e. The molecule has 0 saturated carbocycles. The van der Waals surface area contributed by atoms with E-state index < -0.39 is 0 Å². The molecule has 1 amide bonds. The fourth-order valence-corrected chi connectivity index (χ4v) is 4.36. The van der Waals surface area contributed by atoms with E-state index in [1.54, 1.807) is 0 Å². The van der Waals surface area contributed by atoms with Gasteiger partial charge >= 0.3 is 0 Å². The normalized spacial score (nSPS) is 18.1. The van der Waals surface area contributed by atoms with E-state index in [4.69, 9.17) is 5.73 Å². The zero-order chi connectivity index (χ0) is 18.6. The summed E-state index contributed by atoms with van der Waals surface area (Å²) in [5, 5.41) is 0. The maximum Gasteiger partial charge on any atom is 0.248 e. The zero-order valence-corrected chi connectivity index (χ0v) is 15.9. The first-order chi connectivity index (χ1) is 13.2. The smallest absolute Gasteiger partial charge is 0.248 e.